The second kappa shape index (κ2) is 7.88. The second-order valence-electron chi connectivity index (χ2n) is 7.20. The molecule has 1 fully saturated rings. The van der Waals surface area contributed by atoms with Crippen LogP contribution >= 0.6 is 0 Å². The maximum atomic E-state index is 13.5. The molecule has 9 nitrogen and oxygen atoms in total. The van der Waals surface area contributed by atoms with Gasteiger partial charge in [-0.25, -0.2) is 27.2 Å². The molecule has 2 aromatic heterocycles. The molecule has 0 amide bonds. The van der Waals surface area contributed by atoms with E-state index in [0.717, 1.165) is 6.07 Å². The Hall–Kier alpha value is -3.51. The highest BCUT2D eigenvalue weighted by Crippen LogP contribution is 2.25. The van der Waals surface area contributed by atoms with Crippen LogP contribution in [-0.4, -0.2) is 63.9 Å². The summed E-state index contributed by atoms with van der Waals surface area (Å²) in [5, 5.41) is 8.32. The van der Waals surface area contributed by atoms with Crippen molar-refractivity contribution in [3.05, 3.63) is 66.5 Å². The van der Waals surface area contributed by atoms with E-state index in [1.807, 2.05) is 4.90 Å². The third kappa shape index (κ3) is 3.56. The molecule has 1 aliphatic rings. The zero-order valence-corrected chi connectivity index (χ0v) is 17.5. The van der Waals surface area contributed by atoms with Crippen molar-refractivity contribution in [1.29, 1.82) is 0 Å². The molecule has 3 heterocycles. The van der Waals surface area contributed by atoms with Gasteiger partial charge < -0.3 is 4.90 Å². The van der Waals surface area contributed by atoms with Gasteiger partial charge in [0.15, 0.2) is 17.0 Å². The molecule has 0 N–H and O–H groups in total. The second-order valence-corrected chi connectivity index (χ2v) is 9.13. The van der Waals surface area contributed by atoms with Gasteiger partial charge in [0.1, 0.15) is 18.0 Å². The van der Waals surface area contributed by atoms with Crippen molar-refractivity contribution in [1.82, 2.24) is 29.3 Å². The molecule has 0 saturated carbocycles. The molecule has 12 heteroatoms. The van der Waals surface area contributed by atoms with Crippen LogP contribution in [-0.2, 0) is 10.0 Å². The van der Waals surface area contributed by atoms with Crippen LogP contribution in [0.1, 0.15) is 0 Å². The van der Waals surface area contributed by atoms with Gasteiger partial charge >= 0.3 is 0 Å². The number of hydrogen-bond acceptors (Lipinski definition) is 7. The molecule has 1 saturated heterocycles. The number of nitrogens with zero attached hydrogens (tertiary/aromatic N) is 7. The SMILES string of the molecule is O=S(=O)(c1cccc(F)c1)N1CCN(c2ncnc3c2nnn3-c2ccc(F)cc2)CC1. The number of hydrogen-bond donors (Lipinski definition) is 0. The van der Waals surface area contributed by atoms with Crippen LogP contribution in [0.4, 0.5) is 14.6 Å². The lowest BCUT2D eigenvalue weighted by atomic mass is 10.3. The summed E-state index contributed by atoms with van der Waals surface area (Å²) in [6.45, 7) is 1.14. The Balaban J connectivity index is 1.39. The summed E-state index contributed by atoms with van der Waals surface area (Å²) in [7, 11) is -3.80. The van der Waals surface area contributed by atoms with Crippen LogP contribution in [0.25, 0.3) is 16.9 Å². The highest BCUT2D eigenvalue weighted by Gasteiger charge is 2.30. The van der Waals surface area contributed by atoms with Crippen molar-refractivity contribution in [2.24, 2.45) is 0 Å². The molecule has 0 bridgehead atoms. The first-order chi connectivity index (χ1) is 15.4. The predicted molar refractivity (Wildman–Crippen MR) is 112 cm³/mol. The molecule has 1 aliphatic heterocycles. The van der Waals surface area contributed by atoms with Crippen LogP contribution < -0.4 is 4.90 Å². The zero-order chi connectivity index (χ0) is 22.3. The van der Waals surface area contributed by atoms with Crippen LogP contribution in [0, 0.1) is 11.6 Å². The normalized spacial score (nSPS) is 15.4. The minimum absolute atomic E-state index is 0.0717. The summed E-state index contributed by atoms with van der Waals surface area (Å²) in [6, 6.07) is 10.8. The average molecular weight is 457 g/mol. The molecule has 0 unspecified atom stereocenters. The minimum Gasteiger partial charge on any atom is -0.352 e. The van der Waals surface area contributed by atoms with Crippen molar-refractivity contribution in [3.63, 3.8) is 0 Å². The van der Waals surface area contributed by atoms with Gasteiger partial charge in [-0.2, -0.15) is 8.99 Å². The van der Waals surface area contributed by atoms with Gasteiger partial charge in [0.05, 0.1) is 10.6 Å². The Morgan fingerprint density at radius 1 is 0.875 bits per heavy atom. The first-order valence-corrected chi connectivity index (χ1v) is 11.2. The zero-order valence-electron chi connectivity index (χ0n) is 16.6. The van der Waals surface area contributed by atoms with E-state index in [0.29, 0.717) is 35.8 Å². The van der Waals surface area contributed by atoms with E-state index in [1.165, 1.54) is 45.6 Å². The van der Waals surface area contributed by atoms with Crippen molar-refractivity contribution in [3.8, 4) is 5.69 Å². The van der Waals surface area contributed by atoms with Crippen molar-refractivity contribution < 1.29 is 17.2 Å². The summed E-state index contributed by atoms with van der Waals surface area (Å²) in [5.41, 5.74) is 1.51. The topological polar surface area (TPSA) is 97.1 Å². The van der Waals surface area contributed by atoms with Gasteiger partial charge in [0, 0.05) is 26.2 Å². The number of anilines is 1. The van der Waals surface area contributed by atoms with Crippen molar-refractivity contribution in [2.75, 3.05) is 31.1 Å². The third-order valence-electron chi connectivity index (χ3n) is 5.26. The van der Waals surface area contributed by atoms with E-state index in [1.54, 1.807) is 12.1 Å². The van der Waals surface area contributed by atoms with E-state index < -0.39 is 15.8 Å². The fourth-order valence-corrected chi connectivity index (χ4v) is 5.10. The maximum absolute atomic E-state index is 13.5. The van der Waals surface area contributed by atoms with Gasteiger partial charge in [0.2, 0.25) is 10.0 Å². The largest absolute Gasteiger partial charge is 0.352 e. The fraction of sp³-hybridized carbons (Fsp3) is 0.200. The van der Waals surface area contributed by atoms with E-state index in [4.69, 9.17) is 0 Å². The van der Waals surface area contributed by atoms with Crippen LogP contribution in [0.15, 0.2) is 59.8 Å². The Bertz CT molecular complexity index is 1380. The smallest absolute Gasteiger partial charge is 0.243 e. The third-order valence-corrected chi connectivity index (χ3v) is 7.16. The standard InChI is InChI=1S/C20H17F2N7O2S/c21-14-4-6-16(7-5-14)29-20-18(25-26-29)19(23-13-24-20)27-8-10-28(11-9-27)32(30,31)17-3-1-2-15(22)12-17/h1-7,12-13H,8-11H2. The van der Waals surface area contributed by atoms with Gasteiger partial charge in [-0.1, -0.05) is 11.3 Å². The molecule has 4 aromatic rings. The molecule has 0 radical (unpaired) electrons. The fourth-order valence-electron chi connectivity index (χ4n) is 3.64. The summed E-state index contributed by atoms with van der Waals surface area (Å²) < 4.78 is 55.3. The number of aromatic nitrogens is 5. The molecule has 2 aromatic carbocycles. The molecule has 32 heavy (non-hydrogen) atoms. The molecule has 0 aliphatic carbocycles. The molecule has 0 spiro atoms. The summed E-state index contributed by atoms with van der Waals surface area (Å²) in [6.07, 6.45) is 1.39. The van der Waals surface area contributed by atoms with Gasteiger partial charge in [-0.15, -0.1) is 5.10 Å². The highest BCUT2D eigenvalue weighted by atomic mass is 32.2. The lowest BCUT2D eigenvalue weighted by Crippen LogP contribution is -2.49. The van der Waals surface area contributed by atoms with Gasteiger partial charge in [-0.3, -0.25) is 0 Å². The lowest BCUT2D eigenvalue weighted by molar-refractivity contribution is 0.384. The van der Waals surface area contributed by atoms with E-state index >= 15 is 0 Å². The average Bonchev–Trinajstić information content (AvgIpc) is 3.24. The van der Waals surface area contributed by atoms with Crippen molar-refractivity contribution >= 4 is 27.0 Å². The van der Waals surface area contributed by atoms with E-state index in [9.17, 15) is 17.2 Å². The van der Waals surface area contributed by atoms with Crippen LogP contribution in [0.5, 0.6) is 0 Å². The first-order valence-electron chi connectivity index (χ1n) is 9.76. The summed E-state index contributed by atoms with van der Waals surface area (Å²) >= 11 is 0. The Labute approximate surface area is 182 Å². The minimum atomic E-state index is -3.80. The number of benzene rings is 2. The Kier molecular flexibility index (Phi) is 5.02. The number of rotatable bonds is 4. The quantitative estimate of drug-likeness (QED) is 0.462. The van der Waals surface area contributed by atoms with E-state index in [-0.39, 0.29) is 23.8 Å². The van der Waals surface area contributed by atoms with Crippen molar-refractivity contribution in [2.45, 2.75) is 4.90 Å². The summed E-state index contributed by atoms with van der Waals surface area (Å²) in [5.74, 6) is -0.428. The number of halogens is 2. The van der Waals surface area contributed by atoms with Gasteiger partial charge in [-0.05, 0) is 42.5 Å². The highest BCUT2D eigenvalue weighted by molar-refractivity contribution is 7.89. The molecular formula is C20H17F2N7O2S. The number of fused-ring (bicyclic) bond motifs is 1. The molecule has 0 atom stereocenters. The molecule has 164 valence electrons. The predicted octanol–water partition coefficient (Wildman–Crippen LogP) is 2.00. The molecule has 5 rings (SSSR count). The molecular weight excluding hydrogens is 440 g/mol. The Morgan fingerprint density at radius 2 is 1.62 bits per heavy atom. The van der Waals surface area contributed by atoms with Gasteiger partial charge in [0.25, 0.3) is 0 Å². The monoisotopic (exact) mass is 457 g/mol. The van der Waals surface area contributed by atoms with Crippen LogP contribution in [0.3, 0.4) is 0 Å². The lowest BCUT2D eigenvalue weighted by Gasteiger charge is -2.34. The maximum Gasteiger partial charge on any atom is 0.243 e. The Morgan fingerprint density at radius 3 is 2.34 bits per heavy atom. The van der Waals surface area contributed by atoms with E-state index in [2.05, 4.69) is 20.3 Å². The number of piperazine rings is 1. The number of sulfonamides is 1. The van der Waals surface area contributed by atoms with Crippen LogP contribution in [0.2, 0.25) is 0 Å². The first kappa shape index (κ1) is 20.4. The summed E-state index contributed by atoms with van der Waals surface area (Å²) in [4.78, 5) is 10.4.